The lowest BCUT2D eigenvalue weighted by atomic mass is 10.1. The van der Waals surface area contributed by atoms with E-state index in [0.29, 0.717) is 0 Å². The molecule has 1 rings (SSSR count). The van der Waals surface area contributed by atoms with E-state index in [1.54, 1.807) is 0 Å². The molecule has 0 fully saturated rings. The molecule has 1 aromatic heterocycles. The van der Waals surface area contributed by atoms with Crippen molar-refractivity contribution in [2.75, 3.05) is 18.4 Å². The minimum atomic E-state index is 0.796. The predicted molar refractivity (Wildman–Crippen MR) is 77.5 cm³/mol. The topological polar surface area (TPSA) is 3.24 Å². The molecule has 1 nitrogen and oxygen atoms in total. The van der Waals surface area contributed by atoms with Gasteiger partial charge in [0.25, 0.3) is 0 Å². The number of nitrogens with zero attached hydrogens (tertiary/aromatic N) is 1. The molecule has 0 saturated heterocycles. The summed E-state index contributed by atoms with van der Waals surface area (Å²) in [4.78, 5) is 4.03. The third-order valence-corrected chi connectivity index (χ3v) is 4.62. The average Bonchev–Trinajstić information content (AvgIpc) is 2.80. The molecule has 0 aliphatic heterocycles. The lowest BCUT2D eigenvalue weighted by Gasteiger charge is -2.24. The lowest BCUT2D eigenvalue weighted by molar-refractivity contribution is 0.239. The molecule has 0 aliphatic carbocycles. The Morgan fingerprint density at radius 3 is 2.75 bits per heavy atom. The van der Waals surface area contributed by atoms with Gasteiger partial charge in [-0.3, -0.25) is 4.90 Å². The summed E-state index contributed by atoms with van der Waals surface area (Å²) in [7, 11) is 0. The van der Waals surface area contributed by atoms with Crippen molar-refractivity contribution < 1.29 is 0 Å². The van der Waals surface area contributed by atoms with E-state index in [4.69, 9.17) is 0 Å². The second-order valence-corrected chi connectivity index (χ2v) is 5.90. The van der Waals surface area contributed by atoms with Crippen molar-refractivity contribution in [2.24, 2.45) is 5.92 Å². The van der Waals surface area contributed by atoms with Gasteiger partial charge in [-0.2, -0.15) is 0 Å². The third-order valence-electron chi connectivity index (χ3n) is 2.84. The van der Waals surface area contributed by atoms with Gasteiger partial charge < -0.3 is 0 Å². The Morgan fingerprint density at radius 2 is 2.25 bits per heavy atom. The molecule has 0 aromatic carbocycles. The van der Waals surface area contributed by atoms with E-state index in [-0.39, 0.29) is 0 Å². The highest BCUT2D eigenvalue weighted by Gasteiger charge is 2.12. The zero-order valence-electron chi connectivity index (χ0n) is 10.3. The first-order valence-electron chi connectivity index (χ1n) is 6.10. The molecule has 1 unspecified atom stereocenters. The first-order valence-corrected chi connectivity index (χ1v) is 8.10. The highest BCUT2D eigenvalue weighted by Crippen LogP contribution is 2.16. The largest absolute Gasteiger partial charge is 0.298 e. The van der Waals surface area contributed by atoms with Crippen LogP contribution in [0.2, 0.25) is 0 Å². The van der Waals surface area contributed by atoms with E-state index in [1.165, 1.54) is 24.3 Å². The molecular formula is C13H22BrNS. The molecule has 0 saturated carbocycles. The molecule has 92 valence electrons. The van der Waals surface area contributed by atoms with Gasteiger partial charge in [-0.05, 0) is 30.3 Å². The summed E-state index contributed by atoms with van der Waals surface area (Å²) in [5, 5.41) is 3.29. The minimum Gasteiger partial charge on any atom is -0.298 e. The Balaban J connectivity index is 2.41. The van der Waals surface area contributed by atoms with Crippen LogP contribution in [0.5, 0.6) is 0 Å². The summed E-state index contributed by atoms with van der Waals surface area (Å²) in [5.74, 6) is 0.796. The molecule has 1 aromatic rings. The van der Waals surface area contributed by atoms with Gasteiger partial charge in [0, 0.05) is 23.3 Å². The van der Waals surface area contributed by atoms with Crippen molar-refractivity contribution in [1.29, 1.82) is 0 Å². The number of thiophene rings is 1. The van der Waals surface area contributed by atoms with Gasteiger partial charge in [-0.25, -0.2) is 0 Å². The first kappa shape index (κ1) is 14.2. The molecule has 0 bridgehead atoms. The smallest absolute Gasteiger partial charge is 0.0327 e. The average molecular weight is 304 g/mol. The zero-order chi connectivity index (χ0) is 11.8. The zero-order valence-corrected chi connectivity index (χ0v) is 12.7. The monoisotopic (exact) mass is 303 g/mol. The van der Waals surface area contributed by atoms with Crippen molar-refractivity contribution in [3.8, 4) is 0 Å². The van der Waals surface area contributed by atoms with E-state index in [2.05, 4.69) is 52.2 Å². The van der Waals surface area contributed by atoms with Crippen molar-refractivity contribution >= 4 is 27.3 Å². The van der Waals surface area contributed by atoms with Crippen LogP contribution in [0.25, 0.3) is 0 Å². The first-order chi connectivity index (χ1) is 7.80. The van der Waals surface area contributed by atoms with E-state index in [1.807, 2.05) is 11.3 Å². The fourth-order valence-electron chi connectivity index (χ4n) is 1.92. The van der Waals surface area contributed by atoms with Crippen LogP contribution in [0.3, 0.4) is 0 Å². The lowest BCUT2D eigenvalue weighted by Crippen LogP contribution is -2.29. The molecule has 1 heterocycles. The van der Waals surface area contributed by atoms with Gasteiger partial charge in [0.2, 0.25) is 0 Å². The van der Waals surface area contributed by atoms with Gasteiger partial charge in [-0.15, -0.1) is 11.3 Å². The van der Waals surface area contributed by atoms with Gasteiger partial charge in [-0.1, -0.05) is 42.3 Å². The van der Waals surface area contributed by atoms with Gasteiger partial charge >= 0.3 is 0 Å². The summed E-state index contributed by atoms with van der Waals surface area (Å²) in [6, 6.07) is 4.37. The van der Waals surface area contributed by atoms with E-state index < -0.39 is 0 Å². The van der Waals surface area contributed by atoms with E-state index >= 15 is 0 Å². The molecule has 1 atom stereocenters. The summed E-state index contributed by atoms with van der Waals surface area (Å²) in [6.45, 7) is 8.00. The normalized spacial score (nSPS) is 13.2. The molecule has 0 spiro atoms. The van der Waals surface area contributed by atoms with Crippen molar-refractivity contribution in [1.82, 2.24) is 4.90 Å². The fraction of sp³-hybridized carbons (Fsp3) is 0.692. The number of halogens is 1. The fourth-order valence-corrected chi connectivity index (χ4v) is 3.19. The number of hydrogen-bond donors (Lipinski definition) is 0. The maximum absolute atomic E-state index is 3.63. The Kier molecular flexibility index (Phi) is 7.33. The summed E-state index contributed by atoms with van der Waals surface area (Å²) >= 11 is 5.49. The van der Waals surface area contributed by atoms with Crippen LogP contribution < -0.4 is 0 Å². The highest BCUT2D eigenvalue weighted by molar-refractivity contribution is 9.09. The number of rotatable bonds is 8. The Labute approximate surface area is 112 Å². The van der Waals surface area contributed by atoms with Crippen LogP contribution in [0.4, 0.5) is 0 Å². The standard InChI is InChI=1S/C13H22BrNS/c1-3-6-12(9-14)10-15(4-2)11-13-7-5-8-16-13/h5,7-8,12H,3-4,6,9-11H2,1-2H3. The van der Waals surface area contributed by atoms with Crippen LogP contribution >= 0.6 is 27.3 Å². The molecule has 3 heteroatoms. The molecule has 0 aliphatic rings. The Morgan fingerprint density at radius 1 is 1.44 bits per heavy atom. The SMILES string of the molecule is CCCC(CBr)CN(CC)Cc1cccs1. The van der Waals surface area contributed by atoms with Gasteiger partial charge in [0.1, 0.15) is 0 Å². The summed E-state index contributed by atoms with van der Waals surface area (Å²) < 4.78 is 0. The van der Waals surface area contributed by atoms with Crippen molar-refractivity contribution in [3.63, 3.8) is 0 Å². The molecule has 16 heavy (non-hydrogen) atoms. The molecule has 0 amide bonds. The molecular weight excluding hydrogens is 282 g/mol. The van der Waals surface area contributed by atoms with Crippen LogP contribution in [-0.4, -0.2) is 23.3 Å². The molecule has 0 radical (unpaired) electrons. The van der Waals surface area contributed by atoms with E-state index in [0.717, 1.165) is 24.3 Å². The van der Waals surface area contributed by atoms with Crippen LogP contribution in [0.1, 0.15) is 31.6 Å². The highest BCUT2D eigenvalue weighted by atomic mass is 79.9. The Hall–Kier alpha value is 0.140. The van der Waals surface area contributed by atoms with Crippen LogP contribution in [0, 0.1) is 5.92 Å². The van der Waals surface area contributed by atoms with Crippen LogP contribution in [-0.2, 0) is 6.54 Å². The maximum atomic E-state index is 3.63. The maximum Gasteiger partial charge on any atom is 0.0327 e. The van der Waals surface area contributed by atoms with Gasteiger partial charge in [0.15, 0.2) is 0 Å². The van der Waals surface area contributed by atoms with Crippen LogP contribution in [0.15, 0.2) is 17.5 Å². The summed E-state index contributed by atoms with van der Waals surface area (Å²) in [6.07, 6.45) is 2.61. The second kappa shape index (κ2) is 8.26. The molecule has 0 N–H and O–H groups in total. The second-order valence-electron chi connectivity index (χ2n) is 4.22. The summed E-state index contributed by atoms with van der Waals surface area (Å²) in [5.41, 5.74) is 0. The number of alkyl halides is 1. The third kappa shape index (κ3) is 4.98. The quantitative estimate of drug-likeness (QED) is 0.644. The van der Waals surface area contributed by atoms with Crippen molar-refractivity contribution in [2.45, 2.75) is 33.2 Å². The van der Waals surface area contributed by atoms with Crippen molar-refractivity contribution in [3.05, 3.63) is 22.4 Å². The number of hydrogen-bond acceptors (Lipinski definition) is 2. The van der Waals surface area contributed by atoms with Gasteiger partial charge in [0.05, 0.1) is 0 Å². The Bertz CT molecular complexity index is 261. The predicted octanol–water partition coefficient (Wildman–Crippen LogP) is 4.38. The minimum absolute atomic E-state index is 0.796. The van der Waals surface area contributed by atoms with E-state index in [9.17, 15) is 0 Å².